The summed E-state index contributed by atoms with van der Waals surface area (Å²) < 4.78 is 18.9. The zero-order chi connectivity index (χ0) is 19.6. The molecule has 0 aliphatic rings. The van der Waals surface area contributed by atoms with Crippen LogP contribution in [-0.4, -0.2) is 52.2 Å². The molecular formula is C21H29FN4O. The van der Waals surface area contributed by atoms with Crippen molar-refractivity contribution in [3.05, 3.63) is 65.5 Å². The Morgan fingerprint density at radius 1 is 1.15 bits per heavy atom. The molecule has 0 aliphatic carbocycles. The van der Waals surface area contributed by atoms with E-state index >= 15 is 0 Å². The molecule has 6 heteroatoms. The number of nitrogens with zero attached hydrogens (tertiary/aromatic N) is 2. The van der Waals surface area contributed by atoms with Crippen molar-refractivity contribution in [3.8, 4) is 5.75 Å². The molecule has 0 spiro atoms. The van der Waals surface area contributed by atoms with Gasteiger partial charge in [-0.1, -0.05) is 30.3 Å². The Morgan fingerprint density at radius 3 is 2.59 bits per heavy atom. The molecule has 0 radical (unpaired) electrons. The van der Waals surface area contributed by atoms with Gasteiger partial charge in [-0.15, -0.1) is 0 Å². The summed E-state index contributed by atoms with van der Waals surface area (Å²) in [5.74, 6) is 1.38. The third-order valence-corrected chi connectivity index (χ3v) is 4.42. The molecular weight excluding hydrogens is 343 g/mol. The highest BCUT2D eigenvalue weighted by molar-refractivity contribution is 5.79. The van der Waals surface area contributed by atoms with Crippen molar-refractivity contribution in [2.24, 2.45) is 4.99 Å². The van der Waals surface area contributed by atoms with Crippen molar-refractivity contribution in [2.75, 3.05) is 41.3 Å². The fraction of sp³-hybridized carbons (Fsp3) is 0.381. The summed E-state index contributed by atoms with van der Waals surface area (Å²) >= 11 is 0. The van der Waals surface area contributed by atoms with Crippen LogP contribution in [0.3, 0.4) is 0 Å². The maximum Gasteiger partial charge on any atom is 0.191 e. The molecule has 0 saturated heterocycles. The maximum absolute atomic E-state index is 13.6. The molecule has 0 aromatic heterocycles. The molecule has 2 aromatic carbocycles. The van der Waals surface area contributed by atoms with E-state index in [0.717, 1.165) is 29.8 Å². The number of likely N-dealkylation sites (N-methyl/N-ethyl adjacent to an activating group) is 1. The topological polar surface area (TPSA) is 48.9 Å². The van der Waals surface area contributed by atoms with Crippen molar-refractivity contribution >= 4 is 5.96 Å². The smallest absolute Gasteiger partial charge is 0.191 e. The van der Waals surface area contributed by atoms with Crippen LogP contribution in [0.1, 0.15) is 17.2 Å². The Labute approximate surface area is 161 Å². The van der Waals surface area contributed by atoms with Crippen LogP contribution in [0.25, 0.3) is 0 Å². The Hall–Kier alpha value is -2.60. The van der Waals surface area contributed by atoms with Gasteiger partial charge < -0.3 is 20.3 Å². The summed E-state index contributed by atoms with van der Waals surface area (Å²) in [5, 5.41) is 6.64. The zero-order valence-electron chi connectivity index (χ0n) is 16.5. The number of nitrogens with one attached hydrogen (secondary N) is 2. The Balaban J connectivity index is 1.90. The first-order valence-electron chi connectivity index (χ1n) is 9.03. The highest BCUT2D eigenvalue weighted by Gasteiger charge is 2.15. The SMILES string of the molecule is CN=C(NCCc1ccccc1OC)NCC(c1cccc(F)c1)N(C)C. The summed E-state index contributed by atoms with van der Waals surface area (Å²) in [6.45, 7) is 1.34. The third kappa shape index (κ3) is 6.25. The van der Waals surface area contributed by atoms with Gasteiger partial charge >= 0.3 is 0 Å². The van der Waals surface area contributed by atoms with Crippen LogP contribution < -0.4 is 15.4 Å². The zero-order valence-corrected chi connectivity index (χ0v) is 16.5. The number of rotatable bonds is 8. The van der Waals surface area contributed by atoms with Gasteiger partial charge in [-0.2, -0.15) is 0 Å². The second-order valence-electron chi connectivity index (χ2n) is 6.48. The molecule has 0 bridgehead atoms. The van der Waals surface area contributed by atoms with Crippen molar-refractivity contribution in [2.45, 2.75) is 12.5 Å². The number of guanidine groups is 1. The minimum absolute atomic E-state index is 0.0356. The van der Waals surface area contributed by atoms with Crippen molar-refractivity contribution in [3.63, 3.8) is 0 Å². The summed E-state index contributed by atoms with van der Waals surface area (Å²) in [5.41, 5.74) is 2.07. The van der Waals surface area contributed by atoms with Gasteiger partial charge in [-0.3, -0.25) is 4.99 Å². The lowest BCUT2D eigenvalue weighted by molar-refractivity contribution is 0.297. The van der Waals surface area contributed by atoms with Crippen LogP contribution in [0, 0.1) is 5.82 Å². The van der Waals surface area contributed by atoms with Gasteiger partial charge in [-0.05, 0) is 49.8 Å². The van der Waals surface area contributed by atoms with E-state index in [1.165, 1.54) is 6.07 Å². The molecule has 2 aromatic rings. The molecule has 0 aliphatic heterocycles. The average molecular weight is 372 g/mol. The lowest BCUT2D eigenvalue weighted by atomic mass is 10.1. The Morgan fingerprint density at radius 2 is 1.93 bits per heavy atom. The lowest BCUT2D eigenvalue weighted by Crippen LogP contribution is -2.42. The van der Waals surface area contributed by atoms with Gasteiger partial charge in [-0.25, -0.2) is 4.39 Å². The van der Waals surface area contributed by atoms with Gasteiger partial charge in [0.2, 0.25) is 0 Å². The fourth-order valence-electron chi connectivity index (χ4n) is 2.95. The monoisotopic (exact) mass is 372 g/mol. The standard InChI is InChI=1S/C21H29FN4O/c1-23-21(24-13-12-16-8-5-6-11-20(16)27-4)25-15-19(26(2)3)17-9-7-10-18(22)14-17/h5-11,14,19H,12-13,15H2,1-4H3,(H2,23,24,25). The summed E-state index contributed by atoms with van der Waals surface area (Å²) in [4.78, 5) is 6.33. The molecule has 2 N–H and O–H groups in total. The van der Waals surface area contributed by atoms with E-state index in [4.69, 9.17) is 4.74 Å². The highest BCUT2D eigenvalue weighted by Crippen LogP contribution is 2.18. The number of hydrogen-bond acceptors (Lipinski definition) is 3. The van der Waals surface area contributed by atoms with Crippen molar-refractivity contribution in [1.29, 1.82) is 0 Å². The summed E-state index contributed by atoms with van der Waals surface area (Å²) in [6.07, 6.45) is 0.825. The van der Waals surface area contributed by atoms with E-state index < -0.39 is 0 Å². The molecule has 0 saturated carbocycles. The van der Waals surface area contributed by atoms with E-state index in [-0.39, 0.29) is 11.9 Å². The summed E-state index contributed by atoms with van der Waals surface area (Å²) in [7, 11) is 7.39. The first kappa shape index (κ1) is 20.7. The number of benzene rings is 2. The van der Waals surface area contributed by atoms with Crippen LogP contribution >= 0.6 is 0 Å². The van der Waals surface area contributed by atoms with Crippen LogP contribution in [0.15, 0.2) is 53.5 Å². The quantitative estimate of drug-likeness (QED) is 0.553. The van der Waals surface area contributed by atoms with Gasteiger partial charge in [0.15, 0.2) is 5.96 Å². The largest absolute Gasteiger partial charge is 0.496 e. The van der Waals surface area contributed by atoms with Crippen LogP contribution in [0.4, 0.5) is 4.39 Å². The number of aliphatic imine (C=N–C) groups is 1. The molecule has 5 nitrogen and oxygen atoms in total. The second-order valence-corrected chi connectivity index (χ2v) is 6.48. The van der Waals surface area contributed by atoms with E-state index in [1.807, 2.05) is 38.4 Å². The van der Waals surface area contributed by atoms with Gasteiger partial charge in [0, 0.05) is 20.1 Å². The normalized spacial score (nSPS) is 12.7. The van der Waals surface area contributed by atoms with E-state index in [9.17, 15) is 4.39 Å². The molecule has 1 atom stereocenters. The van der Waals surface area contributed by atoms with Gasteiger partial charge in [0.25, 0.3) is 0 Å². The molecule has 2 rings (SSSR count). The number of para-hydroxylation sites is 1. The van der Waals surface area contributed by atoms with Gasteiger partial charge in [0.1, 0.15) is 11.6 Å². The van der Waals surface area contributed by atoms with E-state index in [1.54, 1.807) is 26.3 Å². The third-order valence-electron chi connectivity index (χ3n) is 4.42. The molecule has 0 heterocycles. The molecule has 0 amide bonds. The van der Waals surface area contributed by atoms with Crippen LogP contribution in [-0.2, 0) is 6.42 Å². The predicted molar refractivity (Wildman–Crippen MR) is 109 cm³/mol. The van der Waals surface area contributed by atoms with Crippen molar-refractivity contribution in [1.82, 2.24) is 15.5 Å². The number of ether oxygens (including phenoxy) is 1. The van der Waals surface area contributed by atoms with Crippen LogP contribution in [0.5, 0.6) is 5.75 Å². The maximum atomic E-state index is 13.6. The first-order valence-corrected chi connectivity index (χ1v) is 9.03. The van der Waals surface area contributed by atoms with Crippen LogP contribution in [0.2, 0.25) is 0 Å². The predicted octanol–water partition coefficient (Wildman–Crippen LogP) is 2.84. The number of halogens is 1. The number of methoxy groups -OCH3 is 1. The van der Waals surface area contributed by atoms with Crippen molar-refractivity contribution < 1.29 is 9.13 Å². The summed E-state index contributed by atoms with van der Waals surface area (Å²) in [6, 6.07) is 14.7. The fourth-order valence-corrected chi connectivity index (χ4v) is 2.95. The molecule has 1 unspecified atom stereocenters. The first-order chi connectivity index (χ1) is 13.0. The van der Waals surface area contributed by atoms with Gasteiger partial charge in [0.05, 0.1) is 13.2 Å². The molecule has 27 heavy (non-hydrogen) atoms. The second kappa shape index (κ2) is 10.5. The van der Waals surface area contributed by atoms with E-state index in [0.29, 0.717) is 12.5 Å². The minimum atomic E-state index is -0.223. The lowest BCUT2D eigenvalue weighted by Gasteiger charge is -2.26. The van der Waals surface area contributed by atoms with E-state index in [2.05, 4.69) is 26.6 Å². The Bertz CT molecular complexity index is 748. The minimum Gasteiger partial charge on any atom is -0.496 e. The molecule has 146 valence electrons. The molecule has 0 fully saturated rings. The number of hydrogen-bond donors (Lipinski definition) is 2. The Kier molecular flexibility index (Phi) is 8.07. The average Bonchev–Trinajstić information content (AvgIpc) is 2.67. The highest BCUT2D eigenvalue weighted by atomic mass is 19.1.